The van der Waals surface area contributed by atoms with Crippen molar-refractivity contribution in [2.24, 2.45) is 0 Å². The van der Waals surface area contributed by atoms with E-state index >= 15 is 0 Å². The summed E-state index contributed by atoms with van der Waals surface area (Å²) < 4.78 is 39.8. The van der Waals surface area contributed by atoms with Gasteiger partial charge in [-0.25, -0.2) is 0 Å². The molecule has 1 rings (SSSR count). The van der Waals surface area contributed by atoms with E-state index in [0.717, 1.165) is 6.07 Å². The third kappa shape index (κ3) is 3.77. The average molecular weight is 250 g/mol. The first-order valence-corrected chi connectivity index (χ1v) is 5.50. The van der Waals surface area contributed by atoms with Crippen molar-refractivity contribution in [3.63, 3.8) is 0 Å². The van der Waals surface area contributed by atoms with Crippen molar-refractivity contribution in [1.82, 2.24) is 0 Å². The van der Waals surface area contributed by atoms with Gasteiger partial charge in [0.15, 0.2) is 5.78 Å². The number of ketones is 1. The Labute approximate surface area is 94.8 Å². The van der Waals surface area contributed by atoms with E-state index in [-0.39, 0.29) is 17.1 Å². The zero-order valence-corrected chi connectivity index (χ0v) is 9.41. The van der Waals surface area contributed by atoms with E-state index in [4.69, 9.17) is 0 Å². The van der Waals surface area contributed by atoms with E-state index in [1.54, 1.807) is 6.26 Å². The number of rotatable bonds is 3. The van der Waals surface area contributed by atoms with Gasteiger partial charge in [-0.3, -0.25) is 4.79 Å². The van der Waals surface area contributed by atoms with Gasteiger partial charge in [0.1, 0.15) is 5.75 Å². The number of halogens is 3. The number of benzene rings is 1. The van der Waals surface area contributed by atoms with Crippen LogP contribution in [0, 0.1) is 0 Å². The number of hydrogen-bond donors (Lipinski definition) is 0. The van der Waals surface area contributed by atoms with Crippen LogP contribution in [0.3, 0.4) is 0 Å². The van der Waals surface area contributed by atoms with Gasteiger partial charge in [-0.15, -0.1) is 24.9 Å². The average Bonchev–Trinajstić information content (AvgIpc) is 2.14. The smallest absolute Gasteiger partial charge is 0.406 e. The SMILES string of the molecule is CSc1cc(OC(F)(F)F)cc(C(C)=O)c1. The van der Waals surface area contributed by atoms with Gasteiger partial charge >= 0.3 is 6.36 Å². The summed E-state index contributed by atoms with van der Waals surface area (Å²) in [5.41, 5.74) is 0.200. The molecule has 1 aromatic rings. The molecule has 0 bridgehead atoms. The molecule has 0 fully saturated rings. The summed E-state index contributed by atoms with van der Waals surface area (Å²) in [6.07, 6.45) is -3.04. The molecule has 0 spiro atoms. The molecule has 0 heterocycles. The third-order valence-corrected chi connectivity index (χ3v) is 2.46. The number of ether oxygens (including phenoxy) is 1. The molecule has 88 valence electrons. The van der Waals surface area contributed by atoms with Crippen LogP contribution >= 0.6 is 11.8 Å². The topological polar surface area (TPSA) is 26.3 Å². The summed E-state index contributed by atoms with van der Waals surface area (Å²) >= 11 is 1.24. The minimum atomic E-state index is -4.74. The van der Waals surface area contributed by atoms with Crippen molar-refractivity contribution in [1.29, 1.82) is 0 Å². The highest BCUT2D eigenvalue weighted by molar-refractivity contribution is 7.98. The van der Waals surface area contributed by atoms with Gasteiger partial charge in [0.2, 0.25) is 0 Å². The van der Waals surface area contributed by atoms with Gasteiger partial charge in [-0.2, -0.15) is 0 Å². The Hall–Kier alpha value is -1.17. The predicted octanol–water partition coefficient (Wildman–Crippen LogP) is 3.51. The number of Topliss-reactive ketones (excluding diaryl/α,β-unsaturated/α-hetero) is 1. The van der Waals surface area contributed by atoms with E-state index in [9.17, 15) is 18.0 Å². The fourth-order valence-electron chi connectivity index (χ4n) is 1.09. The largest absolute Gasteiger partial charge is 0.573 e. The molecule has 0 saturated carbocycles. The van der Waals surface area contributed by atoms with Crippen LogP contribution in [-0.2, 0) is 0 Å². The van der Waals surface area contributed by atoms with E-state index in [1.165, 1.54) is 30.8 Å². The van der Waals surface area contributed by atoms with Crippen LogP contribution in [0.5, 0.6) is 5.75 Å². The lowest BCUT2D eigenvalue weighted by atomic mass is 10.1. The molecule has 0 saturated heterocycles. The predicted molar refractivity (Wildman–Crippen MR) is 54.9 cm³/mol. The number of carbonyl (C=O) groups excluding carboxylic acids is 1. The molecule has 0 aliphatic carbocycles. The first-order chi connectivity index (χ1) is 7.31. The van der Waals surface area contributed by atoms with Crippen molar-refractivity contribution in [3.05, 3.63) is 23.8 Å². The maximum Gasteiger partial charge on any atom is 0.573 e. The van der Waals surface area contributed by atoms with Crippen molar-refractivity contribution < 1.29 is 22.7 Å². The standard InChI is InChI=1S/C10H9F3O2S/c1-6(14)7-3-8(15-10(11,12)13)5-9(4-7)16-2/h3-5H,1-2H3. The molecule has 0 unspecified atom stereocenters. The molecule has 0 aliphatic rings. The first kappa shape index (κ1) is 12.9. The zero-order chi connectivity index (χ0) is 12.3. The maximum absolute atomic E-state index is 12.0. The Morgan fingerprint density at radius 2 is 1.94 bits per heavy atom. The zero-order valence-electron chi connectivity index (χ0n) is 8.59. The van der Waals surface area contributed by atoms with Crippen LogP contribution in [0.1, 0.15) is 17.3 Å². The summed E-state index contributed by atoms with van der Waals surface area (Å²) in [6, 6.07) is 3.84. The first-order valence-electron chi connectivity index (χ1n) is 4.27. The van der Waals surface area contributed by atoms with Gasteiger partial charge < -0.3 is 4.74 Å². The summed E-state index contributed by atoms with van der Waals surface area (Å²) in [7, 11) is 0. The van der Waals surface area contributed by atoms with Crippen molar-refractivity contribution in [2.45, 2.75) is 18.2 Å². The summed E-state index contributed by atoms with van der Waals surface area (Å²) in [5, 5.41) is 0. The van der Waals surface area contributed by atoms with Crippen molar-refractivity contribution in [3.8, 4) is 5.75 Å². The van der Waals surface area contributed by atoms with Gasteiger partial charge in [0, 0.05) is 10.5 Å². The van der Waals surface area contributed by atoms with Gasteiger partial charge in [-0.1, -0.05) is 0 Å². The van der Waals surface area contributed by atoms with Gasteiger partial charge in [-0.05, 0) is 31.4 Å². The Bertz CT molecular complexity index is 402. The number of hydrogen-bond acceptors (Lipinski definition) is 3. The monoisotopic (exact) mass is 250 g/mol. The molecule has 0 aliphatic heterocycles. The lowest BCUT2D eigenvalue weighted by molar-refractivity contribution is -0.274. The molecular formula is C10H9F3O2S. The highest BCUT2D eigenvalue weighted by Crippen LogP contribution is 2.28. The van der Waals surface area contributed by atoms with Crippen LogP contribution in [0.2, 0.25) is 0 Å². The van der Waals surface area contributed by atoms with E-state index in [1.807, 2.05) is 0 Å². The summed E-state index contributed by atoms with van der Waals surface area (Å²) in [4.78, 5) is 11.6. The molecule has 0 radical (unpaired) electrons. The van der Waals surface area contributed by atoms with Gasteiger partial charge in [0.25, 0.3) is 0 Å². The molecular weight excluding hydrogens is 241 g/mol. The van der Waals surface area contributed by atoms with E-state index in [0.29, 0.717) is 4.90 Å². The second kappa shape index (κ2) is 4.78. The van der Waals surface area contributed by atoms with Crippen LogP contribution in [0.15, 0.2) is 23.1 Å². The summed E-state index contributed by atoms with van der Waals surface area (Å²) in [5.74, 6) is -0.674. The van der Waals surface area contributed by atoms with Crippen molar-refractivity contribution in [2.75, 3.05) is 6.26 Å². The molecule has 16 heavy (non-hydrogen) atoms. The molecule has 0 aromatic heterocycles. The Balaban J connectivity index is 3.09. The maximum atomic E-state index is 12.0. The van der Waals surface area contributed by atoms with Gasteiger partial charge in [0.05, 0.1) is 0 Å². The van der Waals surface area contributed by atoms with Crippen LogP contribution in [-0.4, -0.2) is 18.4 Å². The number of alkyl halides is 3. The van der Waals surface area contributed by atoms with Crippen LogP contribution in [0.4, 0.5) is 13.2 Å². The van der Waals surface area contributed by atoms with E-state index < -0.39 is 6.36 Å². The highest BCUT2D eigenvalue weighted by Gasteiger charge is 2.31. The Kier molecular flexibility index (Phi) is 3.85. The molecule has 0 N–H and O–H groups in total. The number of carbonyl (C=O) groups is 1. The molecule has 6 heteroatoms. The Morgan fingerprint density at radius 1 is 1.31 bits per heavy atom. The third-order valence-electron chi connectivity index (χ3n) is 1.76. The minimum absolute atomic E-state index is 0.200. The lowest BCUT2D eigenvalue weighted by Gasteiger charge is -2.10. The molecule has 1 aromatic carbocycles. The fourth-order valence-corrected chi connectivity index (χ4v) is 1.56. The normalized spacial score (nSPS) is 11.3. The molecule has 0 amide bonds. The molecule has 0 atom stereocenters. The number of thioether (sulfide) groups is 1. The Morgan fingerprint density at radius 3 is 2.38 bits per heavy atom. The molecule has 2 nitrogen and oxygen atoms in total. The lowest BCUT2D eigenvalue weighted by Crippen LogP contribution is -2.17. The van der Waals surface area contributed by atoms with Crippen molar-refractivity contribution >= 4 is 17.5 Å². The van der Waals surface area contributed by atoms with E-state index in [2.05, 4.69) is 4.74 Å². The second-order valence-electron chi connectivity index (χ2n) is 3.00. The minimum Gasteiger partial charge on any atom is -0.406 e. The highest BCUT2D eigenvalue weighted by atomic mass is 32.2. The summed E-state index contributed by atoms with van der Waals surface area (Å²) in [6.45, 7) is 1.29. The fraction of sp³-hybridized carbons (Fsp3) is 0.300. The quantitative estimate of drug-likeness (QED) is 0.606. The van der Waals surface area contributed by atoms with Crippen LogP contribution < -0.4 is 4.74 Å². The second-order valence-corrected chi connectivity index (χ2v) is 3.88. The van der Waals surface area contributed by atoms with Crippen LogP contribution in [0.25, 0.3) is 0 Å².